The Bertz CT molecular complexity index is 945. The van der Waals surface area contributed by atoms with E-state index in [0.29, 0.717) is 37.4 Å². The SMILES string of the molecule is CC(C)CC(NC(=O)c1ccc(F)cc1)C1CCN(C(=O)Oc2cccc(F)c2Cl)CC1. The van der Waals surface area contributed by atoms with Crippen LogP contribution in [0.15, 0.2) is 42.5 Å². The van der Waals surface area contributed by atoms with Gasteiger partial charge in [-0.2, -0.15) is 0 Å². The summed E-state index contributed by atoms with van der Waals surface area (Å²) in [7, 11) is 0. The van der Waals surface area contributed by atoms with E-state index < -0.39 is 11.9 Å². The largest absolute Gasteiger partial charge is 0.415 e. The molecule has 1 saturated heterocycles. The molecule has 1 aliphatic rings. The molecular weight excluding hydrogens is 438 g/mol. The first-order valence-corrected chi connectivity index (χ1v) is 11.1. The molecule has 3 rings (SSSR count). The van der Waals surface area contributed by atoms with Crippen molar-refractivity contribution in [2.45, 2.75) is 39.2 Å². The summed E-state index contributed by atoms with van der Waals surface area (Å²) in [6.45, 7) is 5.09. The molecule has 5 nitrogen and oxygen atoms in total. The second-order valence-corrected chi connectivity index (χ2v) is 8.84. The minimum atomic E-state index is -0.649. The van der Waals surface area contributed by atoms with E-state index in [2.05, 4.69) is 19.2 Å². The summed E-state index contributed by atoms with van der Waals surface area (Å²) in [6.07, 6.45) is 1.59. The van der Waals surface area contributed by atoms with Gasteiger partial charge in [-0.25, -0.2) is 13.6 Å². The first kappa shape index (κ1) is 24.0. The molecule has 1 heterocycles. The van der Waals surface area contributed by atoms with Crippen molar-refractivity contribution in [2.75, 3.05) is 13.1 Å². The Morgan fingerprint density at radius 2 is 1.78 bits per heavy atom. The predicted molar refractivity (Wildman–Crippen MR) is 119 cm³/mol. The van der Waals surface area contributed by atoms with Crippen molar-refractivity contribution >= 4 is 23.6 Å². The molecule has 32 heavy (non-hydrogen) atoms. The summed E-state index contributed by atoms with van der Waals surface area (Å²) in [5, 5.41) is 2.87. The zero-order valence-corrected chi connectivity index (χ0v) is 18.9. The molecular formula is C24H27ClF2N2O3. The van der Waals surface area contributed by atoms with Gasteiger partial charge in [-0.3, -0.25) is 4.79 Å². The number of piperidine rings is 1. The number of nitrogens with zero attached hydrogens (tertiary/aromatic N) is 1. The van der Waals surface area contributed by atoms with Gasteiger partial charge >= 0.3 is 6.09 Å². The lowest BCUT2D eigenvalue weighted by molar-refractivity contribution is 0.0871. The van der Waals surface area contributed by atoms with E-state index >= 15 is 0 Å². The third-order valence-electron chi connectivity index (χ3n) is 5.63. The van der Waals surface area contributed by atoms with Gasteiger partial charge in [-0.1, -0.05) is 31.5 Å². The van der Waals surface area contributed by atoms with Gasteiger partial charge in [0.05, 0.1) is 0 Å². The Morgan fingerprint density at radius 3 is 2.41 bits per heavy atom. The minimum absolute atomic E-state index is 0.0111. The summed E-state index contributed by atoms with van der Waals surface area (Å²) in [5.74, 6) is -0.736. The third kappa shape index (κ3) is 6.19. The number of halogens is 3. The number of likely N-dealkylation sites (tertiary alicyclic amines) is 1. The minimum Gasteiger partial charge on any atom is -0.408 e. The molecule has 0 radical (unpaired) electrons. The number of rotatable bonds is 6. The summed E-state index contributed by atoms with van der Waals surface area (Å²) in [4.78, 5) is 26.7. The lowest BCUT2D eigenvalue weighted by atomic mass is 9.85. The molecule has 1 atom stereocenters. The Hall–Kier alpha value is -2.67. The summed E-state index contributed by atoms with van der Waals surface area (Å²) in [5.41, 5.74) is 0.410. The maximum atomic E-state index is 13.6. The molecule has 0 spiro atoms. The van der Waals surface area contributed by atoms with Crippen molar-refractivity contribution in [1.82, 2.24) is 10.2 Å². The van der Waals surface area contributed by atoms with Crippen LogP contribution >= 0.6 is 11.6 Å². The fraction of sp³-hybridized carbons (Fsp3) is 0.417. The van der Waals surface area contributed by atoms with Crippen LogP contribution in [0.1, 0.15) is 43.5 Å². The molecule has 0 saturated carbocycles. The standard InChI is InChI=1S/C24H27ClF2N2O3/c1-15(2)14-20(28-23(30)17-6-8-18(26)9-7-17)16-10-12-29(13-11-16)24(31)32-21-5-3-4-19(27)22(21)25/h3-9,15-16,20H,10-14H2,1-2H3,(H,28,30). The van der Waals surface area contributed by atoms with E-state index in [1.807, 2.05) is 0 Å². The average Bonchev–Trinajstić information content (AvgIpc) is 2.76. The van der Waals surface area contributed by atoms with Crippen molar-refractivity contribution in [3.05, 3.63) is 64.7 Å². The van der Waals surface area contributed by atoms with Gasteiger partial charge in [0.1, 0.15) is 16.7 Å². The van der Waals surface area contributed by atoms with Crippen LogP contribution in [0, 0.1) is 23.5 Å². The molecule has 0 bridgehead atoms. The van der Waals surface area contributed by atoms with E-state index in [4.69, 9.17) is 16.3 Å². The van der Waals surface area contributed by atoms with Gasteiger partial charge in [0.25, 0.3) is 5.91 Å². The van der Waals surface area contributed by atoms with Crippen molar-refractivity contribution in [2.24, 2.45) is 11.8 Å². The maximum absolute atomic E-state index is 13.6. The van der Waals surface area contributed by atoms with Gasteiger partial charge in [-0.05, 0) is 67.5 Å². The zero-order chi connectivity index (χ0) is 23.3. The summed E-state index contributed by atoms with van der Waals surface area (Å²) in [6, 6.07) is 9.46. The third-order valence-corrected chi connectivity index (χ3v) is 6.00. The lowest BCUT2D eigenvalue weighted by Gasteiger charge is -2.36. The van der Waals surface area contributed by atoms with E-state index in [9.17, 15) is 18.4 Å². The fourth-order valence-corrected chi connectivity index (χ4v) is 4.10. The second-order valence-electron chi connectivity index (χ2n) is 8.46. The Morgan fingerprint density at radius 1 is 1.12 bits per heavy atom. The number of ether oxygens (including phenoxy) is 1. The Labute approximate surface area is 191 Å². The number of hydrogen-bond donors (Lipinski definition) is 1. The number of benzene rings is 2. The van der Waals surface area contributed by atoms with Gasteiger partial charge in [0.15, 0.2) is 5.75 Å². The highest BCUT2D eigenvalue weighted by molar-refractivity contribution is 6.32. The molecule has 2 aromatic carbocycles. The van der Waals surface area contributed by atoms with E-state index in [1.54, 1.807) is 4.90 Å². The summed E-state index contributed by atoms with van der Waals surface area (Å²) >= 11 is 5.87. The van der Waals surface area contributed by atoms with Crippen molar-refractivity contribution in [3.8, 4) is 5.75 Å². The fourth-order valence-electron chi connectivity index (χ4n) is 3.94. The number of carbonyl (C=O) groups excluding carboxylic acids is 2. The molecule has 1 aliphatic heterocycles. The van der Waals surface area contributed by atoms with Crippen LogP contribution in [-0.4, -0.2) is 36.0 Å². The highest BCUT2D eigenvalue weighted by Crippen LogP contribution is 2.29. The molecule has 172 valence electrons. The normalized spacial score (nSPS) is 15.5. The number of hydrogen-bond acceptors (Lipinski definition) is 3. The Kier molecular flexibility index (Phi) is 8.07. The van der Waals surface area contributed by atoms with E-state index in [1.165, 1.54) is 42.5 Å². The van der Waals surface area contributed by atoms with Crippen LogP contribution in [0.4, 0.5) is 13.6 Å². The molecule has 1 fully saturated rings. The lowest BCUT2D eigenvalue weighted by Crippen LogP contribution is -2.47. The van der Waals surface area contributed by atoms with Crippen LogP contribution in [0.3, 0.4) is 0 Å². The first-order chi connectivity index (χ1) is 15.2. The first-order valence-electron chi connectivity index (χ1n) is 10.7. The quantitative estimate of drug-likeness (QED) is 0.598. The molecule has 8 heteroatoms. The molecule has 0 aliphatic carbocycles. The highest BCUT2D eigenvalue weighted by atomic mass is 35.5. The maximum Gasteiger partial charge on any atom is 0.415 e. The highest BCUT2D eigenvalue weighted by Gasteiger charge is 2.31. The smallest absolute Gasteiger partial charge is 0.408 e. The molecule has 2 aromatic rings. The van der Waals surface area contributed by atoms with Gasteiger partial charge in [0, 0.05) is 24.7 Å². The molecule has 1 N–H and O–H groups in total. The number of amides is 2. The molecule has 2 amide bonds. The average molecular weight is 465 g/mol. The Balaban J connectivity index is 1.59. The van der Waals surface area contributed by atoms with Crippen LogP contribution in [0.25, 0.3) is 0 Å². The predicted octanol–water partition coefficient (Wildman–Crippen LogP) is 5.67. The number of carbonyl (C=O) groups is 2. The van der Waals surface area contributed by atoms with Crippen LogP contribution in [0.5, 0.6) is 5.75 Å². The summed E-state index contributed by atoms with van der Waals surface area (Å²) < 4.78 is 32.0. The van der Waals surface area contributed by atoms with Crippen LogP contribution < -0.4 is 10.1 Å². The molecule has 0 aromatic heterocycles. The molecule has 1 unspecified atom stereocenters. The monoisotopic (exact) mass is 464 g/mol. The van der Waals surface area contributed by atoms with Gasteiger partial charge in [-0.15, -0.1) is 0 Å². The second kappa shape index (κ2) is 10.8. The van der Waals surface area contributed by atoms with Crippen LogP contribution in [-0.2, 0) is 0 Å². The van der Waals surface area contributed by atoms with E-state index in [0.717, 1.165) is 6.42 Å². The van der Waals surface area contributed by atoms with Crippen LogP contribution in [0.2, 0.25) is 5.02 Å². The van der Waals surface area contributed by atoms with Gasteiger partial charge < -0.3 is 15.0 Å². The van der Waals surface area contributed by atoms with Gasteiger partial charge in [0.2, 0.25) is 0 Å². The van der Waals surface area contributed by atoms with Crippen molar-refractivity contribution < 1.29 is 23.1 Å². The topological polar surface area (TPSA) is 58.6 Å². The zero-order valence-electron chi connectivity index (χ0n) is 18.1. The van der Waals surface area contributed by atoms with Crippen molar-refractivity contribution in [1.29, 1.82) is 0 Å². The number of nitrogens with one attached hydrogen (secondary N) is 1. The van der Waals surface area contributed by atoms with Crippen molar-refractivity contribution in [3.63, 3.8) is 0 Å². The van der Waals surface area contributed by atoms with E-state index in [-0.39, 0.29) is 34.5 Å².